The summed E-state index contributed by atoms with van der Waals surface area (Å²) in [4.78, 5) is 20.3. The summed E-state index contributed by atoms with van der Waals surface area (Å²) in [6.07, 6.45) is 5.01. The monoisotopic (exact) mass is 432 g/mol. The highest BCUT2D eigenvalue weighted by Crippen LogP contribution is 2.35. The number of aromatic amines is 1. The van der Waals surface area contributed by atoms with Gasteiger partial charge in [0.15, 0.2) is 0 Å². The normalized spacial score (nSPS) is 21.0. The minimum atomic E-state index is -0.150. The van der Waals surface area contributed by atoms with Gasteiger partial charge in [-0.25, -0.2) is 4.39 Å². The lowest BCUT2D eigenvalue weighted by Gasteiger charge is -2.37. The van der Waals surface area contributed by atoms with Gasteiger partial charge in [0.2, 0.25) is 5.91 Å². The maximum atomic E-state index is 13.8. The maximum absolute atomic E-state index is 13.8. The summed E-state index contributed by atoms with van der Waals surface area (Å²) < 4.78 is 13.8. The number of H-pyrrole nitrogens is 1. The zero-order valence-electron chi connectivity index (χ0n) is 18.3. The third-order valence-corrected chi connectivity index (χ3v) is 7.58. The first-order chi connectivity index (χ1) is 15.6. The van der Waals surface area contributed by atoms with Crippen LogP contribution in [0.25, 0.3) is 10.9 Å². The number of carbonyl (C=O) groups excluding carboxylic acids is 1. The van der Waals surface area contributed by atoms with E-state index in [1.807, 2.05) is 18.2 Å². The molecule has 32 heavy (non-hydrogen) atoms. The number of fused-ring (bicyclic) bond motifs is 4. The molecule has 6 heteroatoms. The van der Waals surface area contributed by atoms with Gasteiger partial charge in [0.05, 0.1) is 6.42 Å². The molecule has 1 fully saturated rings. The highest BCUT2D eigenvalue weighted by atomic mass is 19.1. The van der Waals surface area contributed by atoms with Crippen LogP contribution in [0.1, 0.15) is 29.7 Å². The van der Waals surface area contributed by atoms with Gasteiger partial charge in [0.1, 0.15) is 5.82 Å². The number of hydrogen-bond acceptors (Lipinski definition) is 3. The Hall–Kier alpha value is -2.86. The Labute approximate surface area is 187 Å². The molecule has 1 amide bonds. The Balaban J connectivity index is 1.05. The van der Waals surface area contributed by atoms with E-state index in [2.05, 4.69) is 26.2 Å². The van der Waals surface area contributed by atoms with Crippen molar-refractivity contribution in [1.29, 1.82) is 0 Å². The maximum Gasteiger partial charge on any atom is 0.228 e. The smallest absolute Gasteiger partial charge is 0.228 e. The molecular formula is C26H29FN4O. The summed E-state index contributed by atoms with van der Waals surface area (Å²) in [6, 6.07) is 11.3. The fourth-order valence-electron chi connectivity index (χ4n) is 5.81. The van der Waals surface area contributed by atoms with Crippen molar-refractivity contribution in [3.05, 3.63) is 59.0 Å². The van der Waals surface area contributed by atoms with E-state index in [9.17, 15) is 9.18 Å². The number of halogens is 1. The minimum Gasteiger partial charge on any atom is -0.369 e. The Bertz CT molecular complexity index is 1180. The predicted molar refractivity (Wildman–Crippen MR) is 126 cm³/mol. The van der Waals surface area contributed by atoms with Crippen molar-refractivity contribution < 1.29 is 9.18 Å². The lowest BCUT2D eigenvalue weighted by Crippen LogP contribution is -2.47. The first kappa shape index (κ1) is 19.8. The average molecular weight is 433 g/mol. The molecule has 3 heterocycles. The SMILES string of the molecule is O=C1Cc2c(cccc2N2CCN(CCC3CCc4[nH]c5ccc(F)cc5c4C3)CC2)N1. The molecule has 1 saturated heterocycles. The van der Waals surface area contributed by atoms with E-state index in [1.165, 1.54) is 29.8 Å². The Kier molecular flexibility index (Phi) is 4.90. The molecule has 2 N–H and O–H groups in total. The second-order valence-electron chi connectivity index (χ2n) is 9.53. The van der Waals surface area contributed by atoms with Crippen LogP contribution < -0.4 is 10.2 Å². The topological polar surface area (TPSA) is 51.4 Å². The standard InChI is InChI=1S/C26H29FN4O/c27-18-5-7-24-20(15-18)19-14-17(4-6-23(19)28-24)8-9-30-10-12-31(13-11-30)25-3-1-2-22-21(25)16-26(32)29-22/h1-3,5,7,15,17,28H,4,6,8-14,16H2,(H,29,32). The Morgan fingerprint density at radius 2 is 1.94 bits per heavy atom. The lowest BCUT2D eigenvalue weighted by molar-refractivity contribution is -0.115. The van der Waals surface area contributed by atoms with Crippen molar-refractivity contribution in [3.63, 3.8) is 0 Å². The number of aromatic nitrogens is 1. The van der Waals surface area contributed by atoms with Gasteiger partial charge in [-0.2, -0.15) is 0 Å². The van der Waals surface area contributed by atoms with Gasteiger partial charge in [-0.3, -0.25) is 9.69 Å². The van der Waals surface area contributed by atoms with Crippen LogP contribution in [0, 0.1) is 11.7 Å². The number of nitrogens with zero attached hydrogens (tertiary/aromatic N) is 2. The second kappa shape index (κ2) is 7.93. The number of carbonyl (C=O) groups is 1. The molecule has 6 rings (SSSR count). The molecule has 1 aromatic heterocycles. The Morgan fingerprint density at radius 3 is 2.81 bits per heavy atom. The van der Waals surface area contributed by atoms with E-state index >= 15 is 0 Å². The number of rotatable bonds is 4. The predicted octanol–water partition coefficient (Wildman–Crippen LogP) is 4.12. The lowest BCUT2D eigenvalue weighted by atomic mass is 9.84. The summed E-state index contributed by atoms with van der Waals surface area (Å²) in [7, 11) is 0. The minimum absolute atomic E-state index is 0.0969. The van der Waals surface area contributed by atoms with Crippen LogP contribution in [0.2, 0.25) is 0 Å². The van der Waals surface area contributed by atoms with Crippen LogP contribution in [0.4, 0.5) is 15.8 Å². The van der Waals surface area contributed by atoms with Crippen LogP contribution in [-0.4, -0.2) is 48.5 Å². The fourth-order valence-corrected chi connectivity index (χ4v) is 5.81. The largest absolute Gasteiger partial charge is 0.369 e. The highest BCUT2D eigenvalue weighted by molar-refractivity contribution is 6.01. The van der Waals surface area contributed by atoms with Crippen LogP contribution >= 0.6 is 0 Å². The molecule has 0 radical (unpaired) electrons. The molecule has 0 spiro atoms. The van der Waals surface area contributed by atoms with Crippen molar-refractivity contribution >= 4 is 28.2 Å². The average Bonchev–Trinajstić information content (AvgIpc) is 3.37. The van der Waals surface area contributed by atoms with Gasteiger partial charge >= 0.3 is 0 Å². The molecule has 3 aromatic rings. The first-order valence-electron chi connectivity index (χ1n) is 11.8. The van der Waals surface area contributed by atoms with Crippen LogP contribution in [-0.2, 0) is 24.1 Å². The van der Waals surface area contributed by atoms with Gasteiger partial charge in [-0.15, -0.1) is 0 Å². The van der Waals surface area contributed by atoms with Crippen molar-refractivity contribution in [1.82, 2.24) is 9.88 Å². The number of piperazine rings is 1. The number of benzene rings is 2. The molecule has 1 aliphatic carbocycles. The van der Waals surface area contributed by atoms with Gasteiger partial charge in [-0.05, 0) is 74.0 Å². The number of amides is 1. The van der Waals surface area contributed by atoms with Crippen molar-refractivity contribution in [2.24, 2.45) is 5.92 Å². The third-order valence-electron chi connectivity index (χ3n) is 7.58. The summed E-state index contributed by atoms with van der Waals surface area (Å²) in [5.74, 6) is 0.612. The molecule has 2 aromatic carbocycles. The molecule has 3 aliphatic rings. The number of anilines is 2. The first-order valence-corrected chi connectivity index (χ1v) is 11.8. The van der Waals surface area contributed by atoms with E-state index in [1.54, 1.807) is 12.1 Å². The zero-order valence-corrected chi connectivity index (χ0v) is 18.3. The van der Waals surface area contributed by atoms with Gasteiger partial charge in [0, 0.05) is 59.7 Å². The molecule has 1 unspecified atom stereocenters. The molecule has 0 saturated carbocycles. The van der Waals surface area contributed by atoms with Gasteiger partial charge < -0.3 is 15.2 Å². The zero-order chi connectivity index (χ0) is 21.7. The molecule has 5 nitrogen and oxygen atoms in total. The van der Waals surface area contributed by atoms with Gasteiger partial charge in [0.25, 0.3) is 0 Å². The third kappa shape index (κ3) is 3.56. The number of aryl methyl sites for hydroxylation is 1. The summed E-state index contributed by atoms with van der Waals surface area (Å²) >= 11 is 0. The van der Waals surface area contributed by atoms with Crippen molar-refractivity contribution in [3.8, 4) is 0 Å². The van der Waals surface area contributed by atoms with Crippen molar-refractivity contribution in [2.75, 3.05) is 42.9 Å². The van der Waals surface area contributed by atoms with Crippen molar-refractivity contribution in [2.45, 2.75) is 32.1 Å². The van der Waals surface area contributed by atoms with E-state index < -0.39 is 0 Å². The van der Waals surface area contributed by atoms with Crippen LogP contribution in [0.3, 0.4) is 0 Å². The fraction of sp³-hybridized carbons (Fsp3) is 0.423. The highest BCUT2D eigenvalue weighted by Gasteiger charge is 2.27. The van der Waals surface area contributed by atoms with Crippen LogP contribution in [0.15, 0.2) is 36.4 Å². The van der Waals surface area contributed by atoms with E-state index in [0.717, 1.165) is 67.7 Å². The molecular weight excluding hydrogens is 403 g/mol. The molecule has 1 atom stereocenters. The van der Waals surface area contributed by atoms with E-state index in [4.69, 9.17) is 0 Å². The Morgan fingerprint density at radius 1 is 1.06 bits per heavy atom. The summed E-state index contributed by atoms with van der Waals surface area (Å²) in [6.45, 7) is 5.24. The quantitative estimate of drug-likeness (QED) is 0.652. The number of nitrogens with one attached hydrogen (secondary N) is 2. The van der Waals surface area contributed by atoms with E-state index in [-0.39, 0.29) is 11.7 Å². The van der Waals surface area contributed by atoms with Gasteiger partial charge in [-0.1, -0.05) is 6.07 Å². The summed E-state index contributed by atoms with van der Waals surface area (Å²) in [5, 5.41) is 4.03. The molecule has 166 valence electrons. The molecule has 2 aliphatic heterocycles. The van der Waals surface area contributed by atoms with E-state index in [0.29, 0.717) is 12.3 Å². The molecule has 0 bridgehead atoms. The number of hydrogen-bond donors (Lipinski definition) is 2. The summed E-state index contributed by atoms with van der Waals surface area (Å²) in [5.41, 5.74) is 7.05. The van der Waals surface area contributed by atoms with Crippen LogP contribution in [0.5, 0.6) is 0 Å². The second-order valence-corrected chi connectivity index (χ2v) is 9.53.